The lowest BCUT2D eigenvalue weighted by molar-refractivity contribution is 1.18. The van der Waals surface area contributed by atoms with Crippen LogP contribution in [-0.2, 0) is 0 Å². The highest BCUT2D eigenvalue weighted by Gasteiger charge is 2.15. The summed E-state index contributed by atoms with van der Waals surface area (Å²) in [6.07, 6.45) is 0. The van der Waals surface area contributed by atoms with E-state index in [1.807, 2.05) is 0 Å². The molecule has 10 aromatic carbocycles. The van der Waals surface area contributed by atoms with E-state index in [2.05, 4.69) is 228 Å². The molecule has 1 aromatic heterocycles. The third-order valence-electron chi connectivity index (χ3n) is 11.3. The maximum atomic E-state index is 2.40. The topological polar surface area (TPSA) is 8.17 Å². The quantitative estimate of drug-likeness (QED) is 0.156. The lowest BCUT2D eigenvalue weighted by atomic mass is 9.94. The fourth-order valence-electron chi connectivity index (χ4n) is 8.57. The number of anilines is 3. The summed E-state index contributed by atoms with van der Waals surface area (Å²) in [6, 6.07) is 79.3. The average Bonchev–Trinajstić information content (AvgIpc) is 3.59. The summed E-state index contributed by atoms with van der Waals surface area (Å²) < 4.78 is 2.39. The summed E-state index contributed by atoms with van der Waals surface area (Å²) in [6.45, 7) is 0. The van der Waals surface area contributed by atoms with Crippen molar-refractivity contribution in [3.63, 3.8) is 0 Å². The van der Waals surface area contributed by atoms with Crippen LogP contribution in [0.4, 0.5) is 17.1 Å². The third kappa shape index (κ3) is 5.42. The van der Waals surface area contributed by atoms with Gasteiger partial charge >= 0.3 is 0 Å². The van der Waals surface area contributed by atoms with Crippen molar-refractivity contribution >= 4 is 71.2 Å². The molecule has 2 heteroatoms. The van der Waals surface area contributed by atoms with E-state index in [0.717, 1.165) is 17.1 Å². The van der Waals surface area contributed by atoms with Crippen LogP contribution in [-0.4, -0.2) is 4.57 Å². The molecule has 0 fully saturated rings. The van der Waals surface area contributed by atoms with Crippen molar-refractivity contribution in [1.29, 1.82) is 0 Å². The van der Waals surface area contributed by atoms with Gasteiger partial charge in [-0.15, -0.1) is 0 Å². The van der Waals surface area contributed by atoms with Crippen LogP contribution >= 0.6 is 0 Å². The highest BCUT2D eigenvalue weighted by atomic mass is 15.1. The van der Waals surface area contributed by atoms with Gasteiger partial charge in [0.2, 0.25) is 0 Å². The molecule has 11 rings (SSSR count). The van der Waals surface area contributed by atoms with Gasteiger partial charge in [0.25, 0.3) is 0 Å². The van der Waals surface area contributed by atoms with Gasteiger partial charge in [-0.2, -0.15) is 0 Å². The predicted molar refractivity (Wildman–Crippen MR) is 239 cm³/mol. The summed E-state index contributed by atoms with van der Waals surface area (Å²) in [5.41, 5.74) is 11.9. The van der Waals surface area contributed by atoms with Crippen LogP contribution in [0.15, 0.2) is 218 Å². The number of benzene rings is 10. The zero-order valence-corrected chi connectivity index (χ0v) is 30.7. The van der Waals surface area contributed by atoms with E-state index in [9.17, 15) is 0 Å². The summed E-state index contributed by atoms with van der Waals surface area (Å²) in [5.74, 6) is 0. The predicted octanol–water partition coefficient (Wildman–Crippen LogP) is 15.0. The Hall–Kier alpha value is -7.42. The second-order valence-corrected chi connectivity index (χ2v) is 14.6. The van der Waals surface area contributed by atoms with Crippen LogP contribution < -0.4 is 4.90 Å². The minimum absolute atomic E-state index is 1.13. The fourth-order valence-corrected chi connectivity index (χ4v) is 8.57. The van der Waals surface area contributed by atoms with Gasteiger partial charge in [-0.05, 0) is 140 Å². The van der Waals surface area contributed by atoms with Crippen molar-refractivity contribution in [3.05, 3.63) is 218 Å². The number of para-hydroxylation sites is 4. The van der Waals surface area contributed by atoms with Gasteiger partial charge in [-0.3, -0.25) is 0 Å². The molecular weight excluding hydrogens is 677 g/mol. The standard InChI is InChI=1S/C54H36N2/c1-4-12-45(13-5-1)55(46-14-6-2-7-15-46)48-29-26-37(27-30-48)38-20-21-40-33-41(23-22-39(40)32-38)42-28-31-49-43(34-42)24-25-44-35-54-52(36-51(44)49)50-18-10-11-19-53(50)56(54)47-16-8-3-9-17-47/h1-36H. The van der Waals surface area contributed by atoms with Crippen LogP contribution in [0.2, 0.25) is 0 Å². The van der Waals surface area contributed by atoms with Crippen molar-refractivity contribution in [1.82, 2.24) is 4.57 Å². The van der Waals surface area contributed by atoms with Gasteiger partial charge in [0.15, 0.2) is 0 Å². The molecule has 0 bridgehead atoms. The Morgan fingerprint density at radius 2 is 0.750 bits per heavy atom. The van der Waals surface area contributed by atoms with Crippen LogP contribution in [0.1, 0.15) is 0 Å². The molecule has 56 heavy (non-hydrogen) atoms. The molecule has 1 heterocycles. The van der Waals surface area contributed by atoms with Crippen LogP contribution in [0.5, 0.6) is 0 Å². The Morgan fingerprint density at radius 1 is 0.268 bits per heavy atom. The Kier molecular flexibility index (Phi) is 7.53. The van der Waals surface area contributed by atoms with E-state index in [0.29, 0.717) is 0 Å². The molecule has 2 nitrogen and oxygen atoms in total. The van der Waals surface area contributed by atoms with Crippen molar-refractivity contribution in [2.24, 2.45) is 0 Å². The van der Waals surface area contributed by atoms with E-state index in [1.54, 1.807) is 0 Å². The summed E-state index contributed by atoms with van der Waals surface area (Å²) >= 11 is 0. The van der Waals surface area contributed by atoms with E-state index in [4.69, 9.17) is 0 Å². The van der Waals surface area contributed by atoms with Crippen molar-refractivity contribution in [2.75, 3.05) is 4.90 Å². The van der Waals surface area contributed by atoms with Crippen LogP contribution in [0, 0.1) is 0 Å². The van der Waals surface area contributed by atoms with Gasteiger partial charge in [0.1, 0.15) is 0 Å². The van der Waals surface area contributed by atoms with Gasteiger partial charge in [-0.1, -0.05) is 133 Å². The van der Waals surface area contributed by atoms with Gasteiger partial charge in [-0.25, -0.2) is 0 Å². The van der Waals surface area contributed by atoms with Crippen LogP contribution in [0.25, 0.3) is 82.1 Å². The zero-order valence-electron chi connectivity index (χ0n) is 30.7. The first-order valence-corrected chi connectivity index (χ1v) is 19.3. The molecule has 0 N–H and O–H groups in total. The largest absolute Gasteiger partial charge is 0.311 e. The smallest absolute Gasteiger partial charge is 0.0547 e. The number of nitrogens with zero attached hydrogens (tertiary/aromatic N) is 2. The molecular formula is C54H36N2. The monoisotopic (exact) mass is 712 g/mol. The molecule has 262 valence electrons. The Bertz CT molecular complexity index is 3180. The highest BCUT2D eigenvalue weighted by Crippen LogP contribution is 2.39. The fraction of sp³-hybridized carbons (Fsp3) is 0. The number of hydrogen-bond donors (Lipinski definition) is 0. The highest BCUT2D eigenvalue weighted by molar-refractivity contribution is 6.18. The first-order chi connectivity index (χ1) is 27.7. The number of rotatable bonds is 6. The minimum Gasteiger partial charge on any atom is -0.311 e. The third-order valence-corrected chi connectivity index (χ3v) is 11.3. The first-order valence-electron chi connectivity index (χ1n) is 19.3. The Balaban J connectivity index is 0.921. The van der Waals surface area contributed by atoms with Crippen molar-refractivity contribution in [3.8, 4) is 27.9 Å². The lowest BCUT2D eigenvalue weighted by Gasteiger charge is -2.25. The van der Waals surface area contributed by atoms with Crippen LogP contribution in [0.3, 0.4) is 0 Å². The normalized spacial score (nSPS) is 11.6. The second kappa shape index (κ2) is 13.2. The Morgan fingerprint density at radius 3 is 1.41 bits per heavy atom. The number of hydrogen-bond acceptors (Lipinski definition) is 1. The Labute approximate surface area is 325 Å². The molecule has 0 radical (unpaired) electrons. The molecule has 0 amide bonds. The maximum Gasteiger partial charge on any atom is 0.0547 e. The molecule has 0 atom stereocenters. The van der Waals surface area contributed by atoms with Gasteiger partial charge in [0.05, 0.1) is 11.0 Å². The minimum atomic E-state index is 1.13. The molecule has 0 unspecified atom stereocenters. The molecule has 0 saturated carbocycles. The molecule has 0 aliphatic heterocycles. The molecule has 0 saturated heterocycles. The second-order valence-electron chi connectivity index (χ2n) is 14.6. The van der Waals surface area contributed by atoms with E-state index in [-0.39, 0.29) is 0 Å². The van der Waals surface area contributed by atoms with E-state index < -0.39 is 0 Å². The lowest BCUT2D eigenvalue weighted by Crippen LogP contribution is -2.09. The molecule has 0 spiro atoms. The molecule has 0 aliphatic rings. The van der Waals surface area contributed by atoms with E-state index >= 15 is 0 Å². The summed E-state index contributed by atoms with van der Waals surface area (Å²) in [5, 5.41) is 10.1. The summed E-state index contributed by atoms with van der Waals surface area (Å²) in [4.78, 5) is 2.30. The SMILES string of the molecule is c1ccc(N(c2ccccc2)c2ccc(-c3ccc4cc(-c5ccc6c(ccc7cc8c(cc76)c6ccccc6n8-c6ccccc6)c5)ccc4c3)cc2)cc1. The zero-order chi connectivity index (χ0) is 37.0. The summed E-state index contributed by atoms with van der Waals surface area (Å²) in [7, 11) is 0. The van der Waals surface area contributed by atoms with Gasteiger partial charge in [0, 0.05) is 33.5 Å². The molecule has 11 aromatic rings. The number of aromatic nitrogens is 1. The average molecular weight is 713 g/mol. The first kappa shape index (κ1) is 32.0. The molecule has 0 aliphatic carbocycles. The van der Waals surface area contributed by atoms with Crippen molar-refractivity contribution in [2.45, 2.75) is 0 Å². The maximum absolute atomic E-state index is 2.40. The van der Waals surface area contributed by atoms with E-state index in [1.165, 1.54) is 82.1 Å². The van der Waals surface area contributed by atoms with Crippen molar-refractivity contribution < 1.29 is 0 Å². The van der Waals surface area contributed by atoms with Gasteiger partial charge < -0.3 is 9.47 Å². The number of fused-ring (bicyclic) bond motifs is 7.